The van der Waals surface area contributed by atoms with E-state index in [4.69, 9.17) is 0 Å². The number of ketones is 1. The van der Waals surface area contributed by atoms with Crippen LogP contribution >= 0.6 is 11.3 Å². The Morgan fingerprint density at radius 1 is 1.27 bits per heavy atom. The molecule has 1 atom stereocenters. The van der Waals surface area contributed by atoms with Crippen LogP contribution in [0, 0.1) is 19.7 Å². The zero-order valence-electron chi connectivity index (χ0n) is 16.3. The number of rotatable bonds is 5. The highest BCUT2D eigenvalue weighted by Crippen LogP contribution is 2.40. The van der Waals surface area contributed by atoms with Gasteiger partial charge in [0, 0.05) is 22.8 Å². The average molecular weight is 423 g/mol. The zero-order chi connectivity index (χ0) is 21.4. The van der Waals surface area contributed by atoms with Gasteiger partial charge in [-0.15, -0.1) is 11.3 Å². The van der Waals surface area contributed by atoms with Crippen LogP contribution in [-0.4, -0.2) is 21.6 Å². The van der Waals surface area contributed by atoms with Gasteiger partial charge in [-0.2, -0.15) is 0 Å². The Kier molecular flexibility index (Phi) is 5.17. The summed E-state index contributed by atoms with van der Waals surface area (Å²) in [7, 11) is 0. The molecule has 6 nitrogen and oxygen atoms in total. The monoisotopic (exact) mass is 423 g/mol. The van der Waals surface area contributed by atoms with Crippen LogP contribution in [0.15, 0.2) is 60.1 Å². The maximum absolute atomic E-state index is 14.7. The van der Waals surface area contributed by atoms with Crippen molar-refractivity contribution in [3.8, 4) is 0 Å². The van der Waals surface area contributed by atoms with Gasteiger partial charge >= 0.3 is 0 Å². The molecule has 0 spiro atoms. The number of pyridine rings is 1. The van der Waals surface area contributed by atoms with Crippen LogP contribution in [0.5, 0.6) is 0 Å². The lowest BCUT2D eigenvalue weighted by Crippen LogP contribution is -2.32. The smallest absolute Gasteiger partial charge is 0.240 e. The number of aromatic nitrogens is 2. The molecule has 3 aromatic rings. The summed E-state index contributed by atoms with van der Waals surface area (Å²) in [6.07, 6.45) is 3.40. The van der Waals surface area contributed by atoms with Gasteiger partial charge in [0.15, 0.2) is 12.4 Å². The van der Waals surface area contributed by atoms with Gasteiger partial charge in [-0.05, 0) is 31.7 Å². The Hall–Kier alpha value is -3.39. The van der Waals surface area contributed by atoms with Gasteiger partial charge in [0.05, 0.1) is 28.2 Å². The number of hydrogen-bond acceptors (Lipinski definition) is 5. The van der Waals surface area contributed by atoms with Crippen LogP contribution in [-0.2, 0) is 11.3 Å². The summed E-state index contributed by atoms with van der Waals surface area (Å²) in [5.74, 6) is -2.89. The molecule has 8 heteroatoms. The van der Waals surface area contributed by atoms with Crippen molar-refractivity contribution in [1.29, 1.82) is 0 Å². The lowest BCUT2D eigenvalue weighted by Gasteiger charge is -2.27. The van der Waals surface area contributed by atoms with E-state index in [0.29, 0.717) is 15.6 Å². The second-order valence-corrected chi connectivity index (χ2v) is 8.19. The minimum atomic E-state index is -1.11. The first-order chi connectivity index (χ1) is 14.4. The van der Waals surface area contributed by atoms with Gasteiger partial charge < -0.3 is 10.0 Å². The molecule has 1 aliphatic heterocycles. The number of hydrogen-bond donors (Lipinski definition) is 0. The van der Waals surface area contributed by atoms with Crippen molar-refractivity contribution >= 4 is 23.0 Å². The summed E-state index contributed by atoms with van der Waals surface area (Å²) >= 11 is 1.16. The summed E-state index contributed by atoms with van der Waals surface area (Å²) in [6.45, 7) is 3.49. The van der Waals surface area contributed by atoms with E-state index in [9.17, 15) is 19.1 Å². The molecule has 0 aliphatic carbocycles. The topological polar surface area (TPSA) is 87.5 Å². The van der Waals surface area contributed by atoms with Gasteiger partial charge in [0.2, 0.25) is 11.7 Å². The predicted molar refractivity (Wildman–Crippen MR) is 106 cm³/mol. The first-order valence-electron chi connectivity index (χ1n) is 9.28. The van der Waals surface area contributed by atoms with Crippen LogP contribution in [0.25, 0.3) is 0 Å². The molecule has 0 bridgehead atoms. The molecule has 0 saturated carbocycles. The van der Waals surface area contributed by atoms with Gasteiger partial charge in [-0.1, -0.05) is 18.2 Å². The molecule has 152 valence electrons. The number of H-pyrrole nitrogens is 1. The molecule has 3 heterocycles. The minimum Gasteiger partial charge on any atom is -0.868 e. The molecule has 4 rings (SSSR count). The van der Waals surface area contributed by atoms with Crippen LogP contribution in [0.4, 0.5) is 4.39 Å². The molecular formula is C22H18FN3O3S. The fourth-order valence-corrected chi connectivity index (χ4v) is 4.52. The Morgan fingerprint density at radius 2 is 2.03 bits per heavy atom. The highest BCUT2D eigenvalue weighted by atomic mass is 32.1. The van der Waals surface area contributed by atoms with Crippen LogP contribution in [0.1, 0.15) is 37.5 Å². The maximum Gasteiger partial charge on any atom is 0.240 e. The summed E-state index contributed by atoms with van der Waals surface area (Å²) in [4.78, 5) is 34.9. The lowest BCUT2D eigenvalue weighted by atomic mass is 9.94. The van der Waals surface area contributed by atoms with Crippen LogP contribution in [0.2, 0.25) is 0 Å². The first kappa shape index (κ1) is 19.9. The van der Waals surface area contributed by atoms with E-state index in [1.807, 2.05) is 0 Å². The molecule has 1 aromatic carbocycles. The van der Waals surface area contributed by atoms with Crippen molar-refractivity contribution in [1.82, 2.24) is 9.88 Å². The van der Waals surface area contributed by atoms with E-state index >= 15 is 0 Å². The normalized spacial score (nSPS) is 16.4. The van der Waals surface area contributed by atoms with Gasteiger partial charge in [0.25, 0.3) is 0 Å². The fraction of sp³-hybridized carbons (Fsp3) is 0.182. The van der Waals surface area contributed by atoms with E-state index in [1.165, 1.54) is 23.1 Å². The predicted octanol–water partition coefficient (Wildman–Crippen LogP) is 2.29. The first-order valence-corrected chi connectivity index (χ1v) is 10.1. The summed E-state index contributed by atoms with van der Waals surface area (Å²) in [5.41, 5.74) is 1.08. The van der Waals surface area contributed by atoms with E-state index in [2.05, 4.69) is 9.97 Å². The molecule has 1 N–H and O–H groups in total. The van der Waals surface area contributed by atoms with Crippen LogP contribution < -0.4 is 10.1 Å². The lowest BCUT2D eigenvalue weighted by molar-refractivity contribution is -0.378. The molecule has 0 radical (unpaired) electrons. The van der Waals surface area contributed by atoms with Gasteiger partial charge in [-0.25, -0.2) is 14.4 Å². The largest absolute Gasteiger partial charge is 0.868 e. The van der Waals surface area contributed by atoms with Crippen molar-refractivity contribution < 1.29 is 24.1 Å². The highest BCUT2D eigenvalue weighted by molar-refractivity contribution is 7.14. The Balaban J connectivity index is 1.84. The number of halogens is 1. The molecule has 2 aromatic heterocycles. The summed E-state index contributed by atoms with van der Waals surface area (Å²) < 4.78 is 14.7. The number of Topliss-reactive ketones (excluding diaryl/α,β-unsaturated/α-hetero) is 1. The number of nitrogens with one attached hydrogen (secondary N) is 1. The number of amides is 1. The van der Waals surface area contributed by atoms with E-state index < -0.39 is 29.3 Å². The van der Waals surface area contributed by atoms with Crippen molar-refractivity contribution in [2.24, 2.45) is 0 Å². The molecule has 0 fully saturated rings. The number of aryl methyl sites for hydroxylation is 2. The third kappa shape index (κ3) is 3.39. The number of benzene rings is 1. The number of carbonyl (C=O) groups is 2. The van der Waals surface area contributed by atoms with Crippen LogP contribution in [0.3, 0.4) is 0 Å². The quantitative estimate of drug-likeness (QED) is 0.589. The molecule has 0 saturated heterocycles. The number of nitrogens with zero attached hydrogens (tertiary/aromatic N) is 2. The molecule has 1 unspecified atom stereocenters. The van der Waals surface area contributed by atoms with Gasteiger partial charge in [-0.3, -0.25) is 9.59 Å². The maximum atomic E-state index is 14.7. The molecule has 30 heavy (non-hydrogen) atoms. The zero-order valence-corrected chi connectivity index (χ0v) is 17.1. The van der Waals surface area contributed by atoms with Crippen molar-refractivity contribution in [3.05, 3.63) is 92.6 Å². The average Bonchev–Trinajstić information content (AvgIpc) is 3.19. The standard InChI is InChI=1S/C22H18FN3O3S/c1-12-21(30-13(2)25-12)19(27)17-18(15-7-3-4-8-16(15)23)26(22(29)20(17)28)11-14-6-5-9-24-10-14/h3-10,18,28H,11H2,1-2H3. The highest BCUT2D eigenvalue weighted by Gasteiger charge is 2.41. The molecule has 1 aliphatic rings. The van der Waals surface area contributed by atoms with E-state index in [-0.39, 0.29) is 17.7 Å². The van der Waals surface area contributed by atoms with Crippen molar-refractivity contribution in [2.75, 3.05) is 0 Å². The number of carbonyl (C=O) groups excluding carboxylic acids is 2. The Bertz CT molecular complexity index is 1170. The SMILES string of the molecule is Cc1nc(C)c(C(=O)C2=C([O-])C(=O)N(Cc3ccc[nH+]c3)C2c2ccccc2F)s1. The second kappa shape index (κ2) is 7.79. The third-order valence-electron chi connectivity index (χ3n) is 4.96. The fourth-order valence-electron chi connectivity index (χ4n) is 3.64. The number of thiazole rings is 1. The van der Waals surface area contributed by atoms with E-state index in [1.54, 1.807) is 44.4 Å². The number of aromatic amines is 1. The van der Waals surface area contributed by atoms with Crippen molar-refractivity contribution in [2.45, 2.75) is 26.4 Å². The van der Waals surface area contributed by atoms with Gasteiger partial charge in [0.1, 0.15) is 5.82 Å². The van der Waals surface area contributed by atoms with E-state index in [0.717, 1.165) is 16.9 Å². The third-order valence-corrected chi connectivity index (χ3v) is 6.04. The Labute approximate surface area is 176 Å². The minimum absolute atomic E-state index is 0.0540. The Morgan fingerprint density at radius 3 is 2.67 bits per heavy atom. The molecular weight excluding hydrogens is 405 g/mol. The second-order valence-electron chi connectivity index (χ2n) is 6.99. The summed E-state index contributed by atoms with van der Waals surface area (Å²) in [5, 5.41) is 13.6. The molecule has 1 amide bonds. The summed E-state index contributed by atoms with van der Waals surface area (Å²) in [6, 6.07) is 8.31. The van der Waals surface area contributed by atoms with Crippen molar-refractivity contribution in [3.63, 3.8) is 0 Å².